The number of nitrogens with zero attached hydrogens (tertiary/aromatic N) is 2. The van der Waals surface area contributed by atoms with E-state index in [9.17, 15) is 22.8 Å². The highest BCUT2D eigenvalue weighted by atomic mass is 79.9. The summed E-state index contributed by atoms with van der Waals surface area (Å²) < 4.78 is 39.8. The molecule has 2 heterocycles. The number of hydrogen-bond donors (Lipinski definition) is 1. The van der Waals surface area contributed by atoms with E-state index in [1.165, 1.54) is 11.0 Å². The molecule has 2 aromatic rings. The van der Waals surface area contributed by atoms with Crippen LogP contribution >= 0.6 is 15.9 Å². The van der Waals surface area contributed by atoms with Crippen molar-refractivity contribution in [1.29, 1.82) is 0 Å². The fourth-order valence-electron chi connectivity index (χ4n) is 4.09. The number of alkyl halides is 3. The molecule has 0 aromatic heterocycles. The zero-order chi connectivity index (χ0) is 21.5. The van der Waals surface area contributed by atoms with Crippen LogP contribution in [0.4, 0.5) is 24.5 Å². The third-order valence-electron chi connectivity index (χ3n) is 5.67. The number of carbonyl (C=O) groups is 2. The molecule has 1 N–H and O–H groups in total. The van der Waals surface area contributed by atoms with E-state index in [0.717, 1.165) is 21.5 Å². The summed E-state index contributed by atoms with van der Waals surface area (Å²) in [7, 11) is 0. The minimum absolute atomic E-state index is 0.147. The van der Waals surface area contributed by atoms with Crippen molar-refractivity contribution in [2.45, 2.75) is 18.6 Å². The zero-order valence-electron chi connectivity index (χ0n) is 16.0. The smallest absolute Gasteiger partial charge is 0.360 e. The monoisotopic (exact) mass is 482 g/mol. The Morgan fingerprint density at radius 2 is 1.63 bits per heavy atom. The number of benzene rings is 2. The van der Waals surface area contributed by atoms with Gasteiger partial charge in [-0.25, -0.2) is 4.90 Å². The first-order chi connectivity index (χ1) is 14.2. The van der Waals surface area contributed by atoms with Crippen molar-refractivity contribution in [3.8, 4) is 0 Å². The van der Waals surface area contributed by atoms with Gasteiger partial charge >= 0.3 is 6.18 Å². The second kappa shape index (κ2) is 8.03. The highest BCUT2D eigenvalue weighted by Gasteiger charge is 2.46. The molecular formula is C21H20BrF3N3O2+. The number of nitrogens with one attached hydrogen (secondary N) is 1. The predicted molar refractivity (Wildman–Crippen MR) is 109 cm³/mol. The Morgan fingerprint density at radius 1 is 0.967 bits per heavy atom. The largest absolute Gasteiger partial charge is 0.416 e. The number of rotatable bonds is 3. The van der Waals surface area contributed by atoms with Crippen LogP contribution in [0.3, 0.4) is 0 Å². The number of hydrogen-bond acceptors (Lipinski definition) is 3. The van der Waals surface area contributed by atoms with E-state index in [1.54, 1.807) is 30.3 Å². The lowest BCUT2D eigenvalue weighted by molar-refractivity contribution is -0.915. The highest BCUT2D eigenvalue weighted by Crippen LogP contribution is 2.31. The van der Waals surface area contributed by atoms with Gasteiger partial charge in [0.1, 0.15) is 0 Å². The third kappa shape index (κ3) is 4.09. The fourth-order valence-corrected chi connectivity index (χ4v) is 4.36. The number of anilines is 2. The van der Waals surface area contributed by atoms with E-state index in [4.69, 9.17) is 0 Å². The van der Waals surface area contributed by atoms with E-state index in [1.807, 2.05) is 4.90 Å². The maximum atomic E-state index is 13.0. The van der Waals surface area contributed by atoms with E-state index < -0.39 is 17.8 Å². The molecule has 1 atom stereocenters. The molecule has 0 saturated carbocycles. The van der Waals surface area contributed by atoms with Crippen LogP contribution in [0, 0.1) is 0 Å². The molecule has 4 rings (SSSR count). The van der Waals surface area contributed by atoms with Gasteiger partial charge in [-0.1, -0.05) is 22.0 Å². The van der Waals surface area contributed by atoms with E-state index in [2.05, 4.69) is 15.9 Å². The highest BCUT2D eigenvalue weighted by molar-refractivity contribution is 9.10. The van der Waals surface area contributed by atoms with Crippen LogP contribution in [-0.4, -0.2) is 44.0 Å². The molecule has 5 nitrogen and oxygen atoms in total. The van der Waals surface area contributed by atoms with Gasteiger partial charge in [0.05, 0.1) is 43.9 Å². The standard InChI is InChI=1S/C21H19BrF3N3O2/c22-15-4-6-16(7-5-15)28-19(29)13-18(20(28)30)27-10-8-26(9-11-27)17-3-1-2-14(12-17)21(23,24)25/h1-7,12,18H,8-11,13H2/p+1/t18-/m0/s1. The Balaban J connectivity index is 1.43. The van der Waals surface area contributed by atoms with Crippen molar-refractivity contribution in [3.05, 3.63) is 58.6 Å². The lowest BCUT2D eigenvalue weighted by Crippen LogP contribution is -3.19. The molecule has 30 heavy (non-hydrogen) atoms. The molecule has 158 valence electrons. The third-order valence-corrected chi connectivity index (χ3v) is 6.20. The van der Waals surface area contributed by atoms with Crippen LogP contribution in [-0.2, 0) is 15.8 Å². The number of piperazine rings is 1. The van der Waals surface area contributed by atoms with Crippen molar-refractivity contribution in [1.82, 2.24) is 0 Å². The first kappa shape index (κ1) is 20.9. The normalized spacial score (nSPS) is 20.9. The van der Waals surface area contributed by atoms with Crippen molar-refractivity contribution >= 4 is 39.1 Å². The summed E-state index contributed by atoms with van der Waals surface area (Å²) in [5, 5.41) is 0. The summed E-state index contributed by atoms with van der Waals surface area (Å²) in [5.41, 5.74) is 0.406. The summed E-state index contributed by atoms with van der Waals surface area (Å²) >= 11 is 3.34. The average Bonchev–Trinajstić information content (AvgIpc) is 3.02. The topological polar surface area (TPSA) is 45.1 Å². The Kier molecular flexibility index (Phi) is 5.59. The molecule has 0 bridgehead atoms. The molecule has 2 fully saturated rings. The Labute approximate surface area is 180 Å². The Bertz CT molecular complexity index is 957. The molecule has 2 amide bonds. The van der Waals surface area contributed by atoms with Gasteiger partial charge in [0.15, 0.2) is 6.04 Å². The molecular weight excluding hydrogens is 463 g/mol. The maximum absolute atomic E-state index is 13.0. The quantitative estimate of drug-likeness (QED) is 0.683. The number of carbonyl (C=O) groups excluding carboxylic acids is 2. The zero-order valence-corrected chi connectivity index (χ0v) is 17.5. The molecule has 0 aliphatic carbocycles. The number of quaternary nitrogens is 1. The van der Waals surface area contributed by atoms with Gasteiger partial charge < -0.3 is 9.80 Å². The van der Waals surface area contributed by atoms with Crippen LogP contribution in [0.1, 0.15) is 12.0 Å². The number of halogens is 4. The van der Waals surface area contributed by atoms with Gasteiger partial charge in [-0.3, -0.25) is 9.59 Å². The van der Waals surface area contributed by atoms with Gasteiger partial charge in [-0.2, -0.15) is 13.2 Å². The first-order valence-corrected chi connectivity index (χ1v) is 10.4. The molecule has 2 aliphatic rings. The van der Waals surface area contributed by atoms with E-state index in [-0.39, 0.29) is 18.2 Å². The van der Waals surface area contributed by atoms with E-state index in [0.29, 0.717) is 37.6 Å². The van der Waals surface area contributed by atoms with Crippen LogP contribution in [0.25, 0.3) is 0 Å². The van der Waals surface area contributed by atoms with Crippen LogP contribution in [0.5, 0.6) is 0 Å². The van der Waals surface area contributed by atoms with Gasteiger partial charge in [0.2, 0.25) is 5.91 Å². The average molecular weight is 483 g/mol. The Hall–Kier alpha value is -2.39. The summed E-state index contributed by atoms with van der Waals surface area (Å²) in [6.07, 6.45) is -4.23. The molecule has 2 aromatic carbocycles. The first-order valence-electron chi connectivity index (χ1n) is 9.63. The van der Waals surface area contributed by atoms with E-state index >= 15 is 0 Å². The van der Waals surface area contributed by atoms with Crippen molar-refractivity contribution < 1.29 is 27.7 Å². The van der Waals surface area contributed by atoms with Crippen molar-refractivity contribution in [2.75, 3.05) is 36.0 Å². The predicted octanol–water partition coefficient (Wildman–Crippen LogP) is 2.50. The van der Waals surface area contributed by atoms with Gasteiger partial charge in [0.25, 0.3) is 5.91 Å². The molecule has 0 radical (unpaired) electrons. The summed E-state index contributed by atoms with van der Waals surface area (Å²) in [6, 6.07) is 11.9. The Morgan fingerprint density at radius 3 is 2.27 bits per heavy atom. The molecule has 0 unspecified atom stereocenters. The van der Waals surface area contributed by atoms with Crippen molar-refractivity contribution in [3.63, 3.8) is 0 Å². The molecule has 2 saturated heterocycles. The van der Waals surface area contributed by atoms with Gasteiger partial charge in [0, 0.05) is 10.2 Å². The van der Waals surface area contributed by atoms with Crippen LogP contribution in [0.2, 0.25) is 0 Å². The summed E-state index contributed by atoms with van der Waals surface area (Å²) in [4.78, 5) is 29.6. The van der Waals surface area contributed by atoms with Crippen LogP contribution < -0.4 is 14.7 Å². The van der Waals surface area contributed by atoms with Crippen LogP contribution in [0.15, 0.2) is 53.0 Å². The minimum atomic E-state index is -4.38. The summed E-state index contributed by atoms with van der Waals surface area (Å²) in [6.45, 7) is 2.20. The lowest BCUT2D eigenvalue weighted by Gasteiger charge is -2.35. The molecule has 2 aliphatic heterocycles. The molecule has 9 heteroatoms. The maximum Gasteiger partial charge on any atom is 0.416 e. The summed E-state index contributed by atoms with van der Waals surface area (Å²) in [5.74, 6) is -0.440. The van der Waals surface area contributed by atoms with Gasteiger partial charge in [-0.15, -0.1) is 0 Å². The minimum Gasteiger partial charge on any atom is -0.360 e. The molecule has 0 spiro atoms. The fraction of sp³-hybridized carbons (Fsp3) is 0.333. The number of imide groups is 1. The van der Waals surface area contributed by atoms with Gasteiger partial charge in [-0.05, 0) is 42.5 Å². The second-order valence-corrected chi connectivity index (χ2v) is 8.41. The SMILES string of the molecule is O=C1C[C@H]([NH+]2CCN(c3cccc(C(F)(F)F)c3)CC2)C(=O)N1c1ccc(Br)cc1. The van der Waals surface area contributed by atoms with Crippen molar-refractivity contribution in [2.24, 2.45) is 0 Å². The lowest BCUT2D eigenvalue weighted by atomic mass is 10.1. The number of amides is 2. The second-order valence-electron chi connectivity index (χ2n) is 7.49.